The molecule has 292 valence electrons. The van der Waals surface area contributed by atoms with E-state index in [1.165, 1.54) is 24.3 Å². The van der Waals surface area contributed by atoms with Crippen LogP contribution in [0.5, 0.6) is 11.5 Å². The molecule has 0 aromatic heterocycles. The van der Waals surface area contributed by atoms with Gasteiger partial charge in [-0.3, -0.25) is 8.98 Å². The Bertz CT molecular complexity index is 1940. The van der Waals surface area contributed by atoms with Gasteiger partial charge in [-0.05, 0) is 90.6 Å². The van der Waals surface area contributed by atoms with Gasteiger partial charge in [0.25, 0.3) is 0 Å². The summed E-state index contributed by atoms with van der Waals surface area (Å²) in [6.07, 6.45) is 0.699. The van der Waals surface area contributed by atoms with Gasteiger partial charge < -0.3 is 29.5 Å². The number of carbonyl (C=O) groups excluding carboxylic acids is 1. The Balaban J connectivity index is 0.00000650. The molecule has 1 aliphatic heterocycles. The Kier molecular flexibility index (Phi) is 14.2. The predicted molar refractivity (Wildman–Crippen MR) is 205 cm³/mol. The van der Waals surface area contributed by atoms with Crippen LogP contribution in [0, 0.1) is 17.6 Å². The lowest BCUT2D eigenvalue weighted by Gasteiger charge is -2.48. The number of hydrogen-bond acceptors (Lipinski definition) is 9. The number of nitrogens with zero attached hydrogens (tertiary/aromatic N) is 1. The third-order valence-corrected chi connectivity index (χ3v) is 14.8. The molecule has 1 amide bonds. The van der Waals surface area contributed by atoms with Gasteiger partial charge in [0.05, 0.1) is 31.3 Å². The Hall–Kier alpha value is -4.18. The first kappa shape index (κ1) is 42.6. The number of benzene rings is 4. The van der Waals surface area contributed by atoms with Gasteiger partial charge in [-0.25, -0.2) is 17.2 Å². The highest BCUT2D eigenvalue weighted by Crippen LogP contribution is 2.50. The summed E-state index contributed by atoms with van der Waals surface area (Å²) in [4.78, 5) is 15.8. The second-order valence-electron chi connectivity index (χ2n) is 14.6. The molecule has 54 heavy (non-hydrogen) atoms. The Morgan fingerprint density at radius 1 is 0.870 bits per heavy atom. The van der Waals surface area contributed by atoms with E-state index in [1.807, 2.05) is 36.4 Å². The van der Waals surface area contributed by atoms with Crippen molar-refractivity contribution in [3.8, 4) is 11.5 Å². The average molecular weight is 784 g/mol. The van der Waals surface area contributed by atoms with Crippen molar-refractivity contribution in [1.82, 2.24) is 6.15 Å². The molecule has 0 aliphatic carbocycles. The fraction of sp³-hybridized carbons (Fsp3) is 0.375. The summed E-state index contributed by atoms with van der Waals surface area (Å²) in [5.41, 5.74) is 3.00. The fourth-order valence-electron chi connectivity index (χ4n) is 6.03. The van der Waals surface area contributed by atoms with Gasteiger partial charge in [-0.1, -0.05) is 63.2 Å². The lowest BCUT2D eigenvalue weighted by atomic mass is 9.78. The summed E-state index contributed by atoms with van der Waals surface area (Å²) in [5.74, 6) is -0.504. The Morgan fingerprint density at radius 3 is 2.11 bits per heavy atom. The van der Waals surface area contributed by atoms with E-state index in [9.17, 15) is 26.5 Å². The van der Waals surface area contributed by atoms with Crippen LogP contribution in [0.4, 0.5) is 14.5 Å². The van der Waals surface area contributed by atoms with Crippen LogP contribution in [0.25, 0.3) is 0 Å². The fourth-order valence-corrected chi connectivity index (χ4v) is 7.67. The standard InChI is InChI=1S/C40H47F2NO8SSi.H3N/c1-40(2,3)53(4,5)51-36(29-12-14-30(41)15-13-29)23-22-35-38(43(39(35)44)32-18-16-31(42)17-19-32)34-21-20-33(48-24-9-25-50-52(45,46)47)26-37(34)49-27-28-10-7-6-8-11-28;/h6-8,10-21,26,35-36,38H,9,22-25,27H2,1-5H3,(H,45,46,47);1H3/p-1/t35-,36+,38-;/m1./s1. The molecule has 1 heterocycles. The number of amides is 1. The monoisotopic (exact) mass is 783 g/mol. The number of rotatable bonds is 17. The maximum atomic E-state index is 14.1. The van der Waals surface area contributed by atoms with Crippen LogP contribution in [-0.4, -0.2) is 40.4 Å². The molecule has 4 aromatic carbocycles. The highest BCUT2D eigenvalue weighted by Gasteiger charge is 2.50. The van der Waals surface area contributed by atoms with E-state index in [2.05, 4.69) is 38.0 Å². The van der Waals surface area contributed by atoms with Crippen molar-refractivity contribution >= 4 is 30.3 Å². The molecule has 0 radical (unpaired) electrons. The molecule has 3 N–H and O–H groups in total. The van der Waals surface area contributed by atoms with Gasteiger partial charge in [0.1, 0.15) is 29.7 Å². The molecule has 0 saturated carbocycles. The van der Waals surface area contributed by atoms with Gasteiger partial charge in [-0.15, -0.1) is 0 Å². The first-order chi connectivity index (χ1) is 25.0. The zero-order valence-corrected chi connectivity index (χ0v) is 33.1. The largest absolute Gasteiger partial charge is 0.726 e. The molecule has 3 atom stereocenters. The van der Waals surface area contributed by atoms with Crippen LogP contribution < -0.4 is 20.5 Å². The van der Waals surface area contributed by atoms with E-state index in [1.54, 1.807) is 41.3 Å². The minimum atomic E-state index is -4.80. The minimum absolute atomic E-state index is 0. The van der Waals surface area contributed by atoms with Crippen LogP contribution >= 0.6 is 0 Å². The molecule has 5 rings (SSSR count). The van der Waals surface area contributed by atoms with Gasteiger partial charge >= 0.3 is 0 Å². The molecule has 1 aliphatic rings. The Morgan fingerprint density at radius 2 is 1.50 bits per heavy atom. The van der Waals surface area contributed by atoms with Crippen LogP contribution in [0.2, 0.25) is 18.1 Å². The molecular weight excluding hydrogens is 735 g/mol. The summed E-state index contributed by atoms with van der Waals surface area (Å²) in [5, 5.41) is -0.0882. The molecule has 0 unspecified atom stereocenters. The molecule has 0 bridgehead atoms. The van der Waals surface area contributed by atoms with E-state index in [0.717, 1.165) is 11.1 Å². The zero-order chi connectivity index (χ0) is 38.4. The van der Waals surface area contributed by atoms with Crippen molar-refractivity contribution in [3.63, 3.8) is 0 Å². The number of anilines is 1. The highest BCUT2D eigenvalue weighted by molar-refractivity contribution is 7.80. The molecule has 4 aromatic rings. The van der Waals surface area contributed by atoms with Crippen molar-refractivity contribution in [2.45, 2.75) is 76.9 Å². The normalized spacial score (nSPS) is 16.7. The summed E-state index contributed by atoms with van der Waals surface area (Å²) in [7, 11) is -7.10. The predicted octanol–water partition coefficient (Wildman–Crippen LogP) is 9.20. The maximum absolute atomic E-state index is 14.1. The summed E-state index contributed by atoms with van der Waals surface area (Å²) in [6, 6.07) is 26.5. The van der Waals surface area contributed by atoms with Crippen LogP contribution in [0.1, 0.15) is 68.9 Å². The summed E-state index contributed by atoms with van der Waals surface area (Å²) < 4.78 is 83.9. The van der Waals surface area contributed by atoms with E-state index < -0.39 is 36.5 Å². The van der Waals surface area contributed by atoms with Crippen LogP contribution in [0.15, 0.2) is 97.1 Å². The van der Waals surface area contributed by atoms with Crippen molar-refractivity contribution < 1.29 is 44.6 Å². The number of carbonyl (C=O) groups is 1. The van der Waals surface area contributed by atoms with Gasteiger partial charge in [0.2, 0.25) is 16.3 Å². The second kappa shape index (κ2) is 18.0. The van der Waals surface area contributed by atoms with Crippen molar-refractivity contribution in [1.29, 1.82) is 0 Å². The summed E-state index contributed by atoms with van der Waals surface area (Å²) in [6.45, 7) is 10.8. The van der Waals surface area contributed by atoms with Crippen molar-refractivity contribution in [2.24, 2.45) is 5.92 Å². The number of β-lactam (4-membered cyclic amide) rings is 1. The third-order valence-electron chi connectivity index (χ3n) is 9.87. The average Bonchev–Trinajstić information content (AvgIpc) is 3.10. The second-order valence-corrected chi connectivity index (χ2v) is 20.4. The number of ether oxygens (including phenoxy) is 2. The SMILES string of the molecule is CC(C)(C)[Si](C)(C)O[C@@H](CC[C@H]1C(=O)N(c2ccc(F)cc2)[C@@H]1c1ccc(OCCCOS(=O)(=O)[O-])cc1OCc1ccccc1)c1ccc(F)cc1.N. The van der Waals surface area contributed by atoms with Crippen molar-refractivity contribution in [3.05, 3.63) is 125 Å². The molecule has 0 spiro atoms. The van der Waals surface area contributed by atoms with E-state index in [-0.39, 0.29) is 55.3 Å². The number of halogens is 2. The van der Waals surface area contributed by atoms with Gasteiger partial charge in [-0.2, -0.15) is 0 Å². The quantitative estimate of drug-likeness (QED) is 0.0364. The van der Waals surface area contributed by atoms with Gasteiger partial charge in [0.15, 0.2) is 8.32 Å². The van der Waals surface area contributed by atoms with E-state index in [0.29, 0.717) is 35.6 Å². The lowest BCUT2D eigenvalue weighted by molar-refractivity contribution is -0.131. The topological polar surface area (TPSA) is 149 Å². The molecule has 10 nitrogen and oxygen atoms in total. The Labute approximate surface area is 318 Å². The lowest BCUT2D eigenvalue weighted by Crippen LogP contribution is -2.55. The van der Waals surface area contributed by atoms with Crippen molar-refractivity contribution in [2.75, 3.05) is 18.1 Å². The molecule has 14 heteroatoms. The summed E-state index contributed by atoms with van der Waals surface area (Å²) >= 11 is 0. The zero-order valence-electron chi connectivity index (χ0n) is 31.3. The third kappa shape index (κ3) is 11.0. The molecule has 1 fully saturated rings. The number of hydrogen-bond donors (Lipinski definition) is 1. The van der Waals surface area contributed by atoms with E-state index in [4.69, 9.17) is 13.9 Å². The van der Waals surface area contributed by atoms with E-state index >= 15 is 0 Å². The van der Waals surface area contributed by atoms with Crippen LogP contribution in [0.3, 0.4) is 0 Å². The van der Waals surface area contributed by atoms with Crippen LogP contribution in [-0.2, 0) is 30.4 Å². The van der Waals surface area contributed by atoms with Gasteiger partial charge in [0, 0.05) is 23.7 Å². The maximum Gasteiger partial charge on any atom is 0.233 e. The molecular formula is C40H49F2N2O8SSi-. The minimum Gasteiger partial charge on any atom is -0.726 e. The first-order valence-corrected chi connectivity index (χ1v) is 21.8. The smallest absolute Gasteiger partial charge is 0.233 e. The highest BCUT2D eigenvalue weighted by atomic mass is 32.3. The first-order valence-electron chi connectivity index (χ1n) is 17.6. The molecule has 1 saturated heterocycles.